The Kier molecular flexibility index (Phi) is 7.31. The first-order chi connectivity index (χ1) is 15.8. The van der Waals surface area contributed by atoms with Gasteiger partial charge in [0.2, 0.25) is 5.91 Å². The number of nitrogens with zero attached hydrogens (tertiary/aromatic N) is 3. The molecule has 0 bridgehead atoms. The lowest BCUT2D eigenvalue weighted by molar-refractivity contribution is -0.129. The van der Waals surface area contributed by atoms with Gasteiger partial charge in [0, 0.05) is 44.6 Å². The van der Waals surface area contributed by atoms with Crippen molar-refractivity contribution in [2.75, 3.05) is 51.0 Å². The van der Waals surface area contributed by atoms with E-state index in [0.717, 1.165) is 5.56 Å². The molecule has 1 aliphatic heterocycles. The highest BCUT2D eigenvalue weighted by Gasteiger charge is 2.26. The zero-order valence-electron chi connectivity index (χ0n) is 19.4. The molecular weight excluding hydrogens is 443 g/mol. The van der Waals surface area contributed by atoms with Crippen LogP contribution in [0.1, 0.15) is 12.5 Å². The van der Waals surface area contributed by atoms with Gasteiger partial charge in [-0.25, -0.2) is 4.39 Å². The molecule has 0 spiro atoms. The van der Waals surface area contributed by atoms with Gasteiger partial charge in [-0.1, -0.05) is 12.1 Å². The van der Waals surface area contributed by atoms with E-state index in [1.807, 2.05) is 4.90 Å². The zero-order chi connectivity index (χ0) is 23.7. The monoisotopic (exact) mass is 472 g/mol. The van der Waals surface area contributed by atoms with Crippen LogP contribution in [0, 0.1) is 5.82 Å². The molecule has 4 N–H and O–H groups in total. The van der Waals surface area contributed by atoms with Gasteiger partial charge in [-0.2, -0.15) is 0 Å². The molecule has 10 heteroatoms. The van der Waals surface area contributed by atoms with Crippen molar-refractivity contribution in [2.45, 2.75) is 13.5 Å². The molecule has 1 aromatic heterocycles. The summed E-state index contributed by atoms with van der Waals surface area (Å²) in [5.74, 6) is 0.630. The minimum absolute atomic E-state index is 0. The summed E-state index contributed by atoms with van der Waals surface area (Å²) in [6.45, 7) is 3.77. The van der Waals surface area contributed by atoms with Gasteiger partial charge in [-0.3, -0.25) is 9.59 Å². The number of aromatic nitrogens is 1. The molecule has 1 fully saturated rings. The fraction of sp³-hybridized carbons (Fsp3) is 0.333. The first kappa shape index (κ1) is 24.8. The summed E-state index contributed by atoms with van der Waals surface area (Å²) in [5, 5.41) is 0.651. The number of fused-ring (bicyclic) bond motifs is 1. The maximum atomic E-state index is 13.8. The summed E-state index contributed by atoms with van der Waals surface area (Å²) in [6, 6.07) is 9.52. The highest BCUT2D eigenvalue weighted by Crippen LogP contribution is 2.37. The van der Waals surface area contributed by atoms with Gasteiger partial charge >= 0.3 is 0 Å². The minimum Gasteiger partial charge on any atom is -0.493 e. The van der Waals surface area contributed by atoms with Crippen molar-refractivity contribution in [1.82, 2.24) is 9.47 Å². The average Bonchev–Trinajstić information content (AvgIpc) is 2.82. The van der Waals surface area contributed by atoms with E-state index in [4.69, 9.17) is 15.2 Å². The normalized spacial score (nSPS) is 13.5. The predicted octanol–water partition coefficient (Wildman–Crippen LogP) is 1.63. The van der Waals surface area contributed by atoms with Crippen LogP contribution >= 0.6 is 0 Å². The molecule has 0 atom stereocenters. The van der Waals surface area contributed by atoms with Crippen molar-refractivity contribution in [3.63, 3.8) is 0 Å². The average molecular weight is 473 g/mol. The van der Waals surface area contributed by atoms with E-state index >= 15 is 0 Å². The maximum Gasteiger partial charge on any atom is 0.277 e. The van der Waals surface area contributed by atoms with Crippen molar-refractivity contribution < 1.29 is 24.1 Å². The van der Waals surface area contributed by atoms with Gasteiger partial charge in [0.15, 0.2) is 11.5 Å². The van der Waals surface area contributed by atoms with Gasteiger partial charge < -0.3 is 35.1 Å². The third-order valence-corrected chi connectivity index (χ3v) is 6.08. The number of anilines is 2. The van der Waals surface area contributed by atoms with Gasteiger partial charge in [-0.15, -0.1) is 0 Å². The molecule has 182 valence electrons. The van der Waals surface area contributed by atoms with Crippen LogP contribution in [0.5, 0.6) is 11.5 Å². The van der Waals surface area contributed by atoms with Gasteiger partial charge in [0.25, 0.3) is 5.56 Å². The molecule has 2 aromatic carbocycles. The number of amides is 1. The number of methoxy groups -OCH3 is 2. The van der Waals surface area contributed by atoms with E-state index in [1.54, 1.807) is 33.7 Å². The lowest BCUT2D eigenvalue weighted by atomic mass is 10.1. The molecule has 9 nitrogen and oxygen atoms in total. The summed E-state index contributed by atoms with van der Waals surface area (Å²) in [7, 11) is 3.06. The number of nitrogen functional groups attached to an aromatic ring is 1. The van der Waals surface area contributed by atoms with Crippen LogP contribution in [0.4, 0.5) is 15.8 Å². The van der Waals surface area contributed by atoms with Crippen LogP contribution in [-0.4, -0.2) is 61.2 Å². The summed E-state index contributed by atoms with van der Waals surface area (Å²) in [6.07, 6.45) is 0. The Labute approximate surface area is 196 Å². The Morgan fingerprint density at radius 1 is 1.03 bits per heavy atom. The molecule has 0 saturated carbocycles. The Hall–Kier alpha value is -3.79. The van der Waals surface area contributed by atoms with Crippen LogP contribution in [0.3, 0.4) is 0 Å². The van der Waals surface area contributed by atoms with Crippen molar-refractivity contribution >= 4 is 28.2 Å². The molecule has 2 heterocycles. The number of rotatable bonds is 5. The number of carbonyl (C=O) groups is 1. The second-order valence-corrected chi connectivity index (χ2v) is 8.00. The molecule has 1 amide bonds. The maximum absolute atomic E-state index is 13.8. The van der Waals surface area contributed by atoms with E-state index in [9.17, 15) is 14.0 Å². The summed E-state index contributed by atoms with van der Waals surface area (Å²) < 4.78 is 26.0. The second kappa shape index (κ2) is 10.0. The van der Waals surface area contributed by atoms with Gasteiger partial charge in [0.05, 0.1) is 32.0 Å². The van der Waals surface area contributed by atoms with E-state index in [-0.39, 0.29) is 29.3 Å². The largest absolute Gasteiger partial charge is 0.493 e. The van der Waals surface area contributed by atoms with E-state index < -0.39 is 0 Å². The van der Waals surface area contributed by atoms with Crippen LogP contribution in [0.2, 0.25) is 0 Å². The first-order valence-electron chi connectivity index (χ1n) is 10.7. The van der Waals surface area contributed by atoms with Crippen molar-refractivity contribution in [2.24, 2.45) is 0 Å². The lowest BCUT2D eigenvalue weighted by Gasteiger charge is -2.36. The van der Waals surface area contributed by atoms with Crippen LogP contribution < -0.4 is 25.7 Å². The van der Waals surface area contributed by atoms with Crippen LogP contribution in [0.15, 0.2) is 41.2 Å². The lowest BCUT2D eigenvalue weighted by Crippen LogP contribution is -2.50. The molecule has 0 unspecified atom stereocenters. The fourth-order valence-corrected chi connectivity index (χ4v) is 4.27. The third-order valence-electron chi connectivity index (χ3n) is 6.08. The number of piperazine rings is 1. The topological polar surface area (TPSA) is 122 Å². The van der Waals surface area contributed by atoms with E-state index in [1.165, 1.54) is 33.3 Å². The molecule has 34 heavy (non-hydrogen) atoms. The van der Waals surface area contributed by atoms with Crippen molar-refractivity contribution in [3.05, 3.63) is 58.1 Å². The number of pyridine rings is 1. The van der Waals surface area contributed by atoms with E-state index in [2.05, 4.69) is 0 Å². The molecule has 3 aromatic rings. The fourth-order valence-electron chi connectivity index (χ4n) is 4.27. The molecule has 0 radical (unpaired) electrons. The molecule has 0 aliphatic carbocycles. The Bertz CT molecular complexity index is 1250. The predicted molar refractivity (Wildman–Crippen MR) is 129 cm³/mol. The number of carbonyl (C=O) groups excluding carboxylic acids is 1. The smallest absolute Gasteiger partial charge is 0.277 e. The number of nitrogens with two attached hydrogens (primary N) is 1. The van der Waals surface area contributed by atoms with Gasteiger partial charge in [-0.05, 0) is 23.8 Å². The highest BCUT2D eigenvalue weighted by molar-refractivity contribution is 5.98. The molecule has 4 rings (SSSR count). The van der Waals surface area contributed by atoms with E-state index in [0.29, 0.717) is 60.0 Å². The number of hydrogen-bond acceptors (Lipinski definition) is 6. The van der Waals surface area contributed by atoms with Gasteiger partial charge in [0.1, 0.15) is 11.5 Å². The summed E-state index contributed by atoms with van der Waals surface area (Å²) in [5.41, 5.74) is 8.40. The quantitative estimate of drug-likeness (QED) is 0.602. The zero-order valence-corrected chi connectivity index (χ0v) is 19.4. The molecular formula is C24H29FN4O5. The molecule has 1 aliphatic rings. The highest BCUT2D eigenvalue weighted by atomic mass is 19.1. The number of hydrogen-bond donors (Lipinski definition) is 1. The standard InChI is InChI=1S/C24H27FN4O4.H2O/c1-15(30)27-8-10-28(11-9-27)23-22(26)18-12-20(32-2)21(33-3)13-19(18)29(24(23)31)14-16-4-6-17(25)7-5-16;/h4-7,12-13H,8-11,14,26H2,1-3H3;1H2. The Morgan fingerprint density at radius 3 is 2.18 bits per heavy atom. The van der Waals surface area contributed by atoms with Crippen LogP contribution in [-0.2, 0) is 11.3 Å². The SMILES string of the molecule is COc1cc2c(N)c(N3CCN(C(C)=O)CC3)c(=O)n(Cc3ccc(F)cc3)c2cc1OC.O. The number of ether oxygens (including phenoxy) is 2. The molecule has 1 saturated heterocycles. The second-order valence-electron chi connectivity index (χ2n) is 8.00. The van der Waals surface area contributed by atoms with Crippen LogP contribution in [0.25, 0.3) is 10.9 Å². The number of benzene rings is 2. The van der Waals surface area contributed by atoms with Crippen molar-refractivity contribution in [3.8, 4) is 11.5 Å². The Morgan fingerprint density at radius 2 is 1.62 bits per heavy atom. The Balaban J connectivity index is 0.00000324. The minimum atomic E-state index is -0.344. The summed E-state index contributed by atoms with van der Waals surface area (Å²) >= 11 is 0. The third kappa shape index (κ3) is 4.49. The van der Waals surface area contributed by atoms with Crippen molar-refractivity contribution in [1.29, 1.82) is 0 Å². The number of halogens is 1. The summed E-state index contributed by atoms with van der Waals surface area (Å²) in [4.78, 5) is 29.2. The first-order valence-corrected chi connectivity index (χ1v) is 10.7.